The standard InChI is InChI=1S/C7H3Cl3N2/c8-4-1-6(10)7(12-3-11)2-5(4)9/h1-2,12H. The monoisotopic (exact) mass is 220 g/mol. The van der Waals surface area contributed by atoms with E-state index in [0.717, 1.165) is 0 Å². The molecule has 0 radical (unpaired) electrons. The van der Waals surface area contributed by atoms with Gasteiger partial charge in [0.15, 0.2) is 6.19 Å². The molecule has 1 aromatic rings. The molecule has 0 aliphatic heterocycles. The molecule has 0 fully saturated rings. The molecule has 2 nitrogen and oxygen atoms in total. The number of nitriles is 1. The lowest BCUT2D eigenvalue weighted by molar-refractivity contribution is 1.47. The highest BCUT2D eigenvalue weighted by molar-refractivity contribution is 6.44. The van der Waals surface area contributed by atoms with Gasteiger partial charge < -0.3 is 0 Å². The van der Waals surface area contributed by atoms with E-state index in [1.165, 1.54) is 12.1 Å². The van der Waals surface area contributed by atoms with E-state index in [1.54, 1.807) is 6.19 Å². The minimum Gasteiger partial charge on any atom is -0.291 e. The van der Waals surface area contributed by atoms with Gasteiger partial charge in [-0.2, -0.15) is 5.26 Å². The first-order valence-corrected chi connectivity index (χ1v) is 4.08. The van der Waals surface area contributed by atoms with Gasteiger partial charge in [0.25, 0.3) is 0 Å². The van der Waals surface area contributed by atoms with Crippen LogP contribution in [0.4, 0.5) is 5.69 Å². The fourth-order valence-electron chi connectivity index (χ4n) is 0.679. The maximum absolute atomic E-state index is 8.31. The summed E-state index contributed by atoms with van der Waals surface area (Å²) in [5.41, 5.74) is 0.452. The maximum atomic E-state index is 8.31. The number of hydrogen-bond donors (Lipinski definition) is 1. The lowest BCUT2D eigenvalue weighted by atomic mass is 10.3. The number of hydrogen-bond acceptors (Lipinski definition) is 2. The Hall–Kier alpha value is -0.620. The molecule has 0 aliphatic rings. The molecule has 0 aliphatic carbocycles. The van der Waals surface area contributed by atoms with E-state index in [9.17, 15) is 0 Å². The van der Waals surface area contributed by atoms with Gasteiger partial charge in [-0.25, -0.2) is 0 Å². The van der Waals surface area contributed by atoms with Gasteiger partial charge in [-0.1, -0.05) is 34.8 Å². The summed E-state index contributed by atoms with van der Waals surface area (Å²) in [5.74, 6) is 0. The minimum atomic E-state index is 0.360. The van der Waals surface area contributed by atoms with Crippen LogP contribution in [0.1, 0.15) is 0 Å². The number of halogens is 3. The summed E-state index contributed by atoms with van der Waals surface area (Å²) in [6.45, 7) is 0. The fourth-order valence-corrected chi connectivity index (χ4v) is 1.27. The molecule has 0 unspecified atom stereocenters. The van der Waals surface area contributed by atoms with Crippen LogP contribution in [-0.4, -0.2) is 0 Å². The Balaban J connectivity index is 3.16. The average Bonchev–Trinajstić information content (AvgIpc) is 2.01. The van der Waals surface area contributed by atoms with Crippen LogP contribution >= 0.6 is 34.8 Å². The molecule has 12 heavy (non-hydrogen) atoms. The van der Waals surface area contributed by atoms with Gasteiger partial charge in [-0.15, -0.1) is 0 Å². The third kappa shape index (κ3) is 1.95. The van der Waals surface area contributed by atoms with Crippen molar-refractivity contribution in [2.45, 2.75) is 0 Å². The number of nitrogens with zero attached hydrogens (tertiary/aromatic N) is 1. The third-order valence-electron chi connectivity index (χ3n) is 1.20. The van der Waals surface area contributed by atoms with Crippen molar-refractivity contribution in [1.29, 1.82) is 5.26 Å². The number of benzene rings is 1. The highest BCUT2D eigenvalue weighted by Gasteiger charge is 2.04. The predicted molar refractivity (Wildman–Crippen MR) is 50.7 cm³/mol. The van der Waals surface area contributed by atoms with Gasteiger partial charge in [0.1, 0.15) is 0 Å². The molecule has 0 amide bonds. The van der Waals surface area contributed by atoms with Crippen LogP contribution in [0.5, 0.6) is 0 Å². The first-order chi connectivity index (χ1) is 5.65. The summed E-state index contributed by atoms with van der Waals surface area (Å²) < 4.78 is 0. The van der Waals surface area contributed by atoms with Crippen LogP contribution in [0.3, 0.4) is 0 Å². The second kappa shape index (κ2) is 3.86. The van der Waals surface area contributed by atoms with Gasteiger partial charge in [0, 0.05) is 0 Å². The molecule has 0 saturated carbocycles. The normalized spacial score (nSPS) is 9.17. The summed E-state index contributed by atoms with van der Waals surface area (Å²) in [4.78, 5) is 0. The van der Waals surface area contributed by atoms with E-state index in [2.05, 4.69) is 5.32 Å². The van der Waals surface area contributed by atoms with Crippen molar-refractivity contribution in [3.8, 4) is 6.19 Å². The van der Waals surface area contributed by atoms with Crippen LogP contribution in [-0.2, 0) is 0 Å². The van der Waals surface area contributed by atoms with Crippen LogP contribution in [0.25, 0.3) is 0 Å². The fraction of sp³-hybridized carbons (Fsp3) is 0. The van der Waals surface area contributed by atoms with Crippen LogP contribution in [0.2, 0.25) is 15.1 Å². The Labute approximate surface area is 84.6 Å². The molecule has 0 heterocycles. The van der Waals surface area contributed by atoms with Crippen molar-refractivity contribution in [2.75, 3.05) is 5.32 Å². The van der Waals surface area contributed by atoms with Crippen molar-refractivity contribution < 1.29 is 0 Å². The maximum Gasteiger partial charge on any atom is 0.181 e. The highest BCUT2D eigenvalue weighted by Crippen LogP contribution is 2.31. The second-order valence-electron chi connectivity index (χ2n) is 1.98. The molecule has 0 saturated heterocycles. The lowest BCUT2D eigenvalue weighted by Gasteiger charge is -2.02. The quantitative estimate of drug-likeness (QED) is 0.447. The molecule has 0 spiro atoms. The van der Waals surface area contributed by atoms with Gasteiger partial charge in [-0.05, 0) is 12.1 Å². The zero-order chi connectivity index (χ0) is 9.14. The molecular formula is C7H3Cl3N2. The van der Waals surface area contributed by atoms with Crippen molar-refractivity contribution >= 4 is 40.5 Å². The molecule has 1 N–H and O–H groups in total. The van der Waals surface area contributed by atoms with Crippen molar-refractivity contribution in [2.24, 2.45) is 0 Å². The minimum absolute atomic E-state index is 0.360. The van der Waals surface area contributed by atoms with Gasteiger partial charge in [0.2, 0.25) is 0 Å². The SMILES string of the molecule is N#CNc1cc(Cl)c(Cl)cc1Cl. The van der Waals surface area contributed by atoms with E-state index in [1.807, 2.05) is 0 Å². The topological polar surface area (TPSA) is 35.8 Å². The first-order valence-electron chi connectivity index (χ1n) is 2.95. The molecular weight excluding hydrogens is 218 g/mol. The van der Waals surface area contributed by atoms with E-state index in [-0.39, 0.29) is 0 Å². The van der Waals surface area contributed by atoms with Crippen molar-refractivity contribution in [3.05, 3.63) is 27.2 Å². The molecule has 1 rings (SSSR count). The molecule has 0 atom stereocenters. The Morgan fingerprint density at radius 3 is 2.25 bits per heavy atom. The van der Waals surface area contributed by atoms with Crippen LogP contribution in [0.15, 0.2) is 12.1 Å². The zero-order valence-corrected chi connectivity index (χ0v) is 8.00. The number of nitrogens with one attached hydrogen (secondary N) is 1. The number of rotatable bonds is 1. The summed E-state index contributed by atoms with van der Waals surface area (Å²) in [6.07, 6.45) is 1.74. The van der Waals surface area contributed by atoms with Crippen LogP contribution in [0, 0.1) is 11.5 Å². The van der Waals surface area contributed by atoms with E-state index < -0.39 is 0 Å². The van der Waals surface area contributed by atoms with Crippen LogP contribution < -0.4 is 5.32 Å². The largest absolute Gasteiger partial charge is 0.291 e. The summed E-state index contributed by atoms with van der Waals surface area (Å²) in [7, 11) is 0. The van der Waals surface area contributed by atoms with E-state index >= 15 is 0 Å². The molecule has 1 aromatic carbocycles. The Kier molecular flexibility index (Phi) is 3.05. The molecule has 62 valence electrons. The average molecular weight is 221 g/mol. The van der Waals surface area contributed by atoms with Crippen molar-refractivity contribution in [3.63, 3.8) is 0 Å². The Bertz CT molecular complexity index is 343. The summed E-state index contributed by atoms with van der Waals surface area (Å²) in [6, 6.07) is 2.97. The summed E-state index contributed by atoms with van der Waals surface area (Å²) in [5, 5.41) is 11.8. The third-order valence-corrected chi connectivity index (χ3v) is 2.24. The number of anilines is 1. The Morgan fingerprint density at radius 2 is 1.67 bits per heavy atom. The van der Waals surface area contributed by atoms with E-state index in [4.69, 9.17) is 40.1 Å². The molecule has 5 heteroatoms. The highest BCUT2D eigenvalue weighted by atomic mass is 35.5. The Morgan fingerprint density at radius 1 is 1.08 bits per heavy atom. The molecule has 0 bridgehead atoms. The second-order valence-corrected chi connectivity index (χ2v) is 3.20. The molecule has 0 aromatic heterocycles. The first kappa shape index (κ1) is 9.47. The van der Waals surface area contributed by atoms with Gasteiger partial charge in [0.05, 0.1) is 20.8 Å². The lowest BCUT2D eigenvalue weighted by Crippen LogP contribution is -1.88. The van der Waals surface area contributed by atoms with Crippen molar-refractivity contribution in [1.82, 2.24) is 0 Å². The zero-order valence-electron chi connectivity index (χ0n) is 5.74. The van der Waals surface area contributed by atoms with E-state index in [0.29, 0.717) is 20.8 Å². The summed E-state index contributed by atoms with van der Waals surface area (Å²) >= 11 is 17.1. The predicted octanol–water partition coefficient (Wildman–Crippen LogP) is 3.54. The van der Waals surface area contributed by atoms with Gasteiger partial charge >= 0.3 is 0 Å². The smallest absolute Gasteiger partial charge is 0.181 e. The van der Waals surface area contributed by atoms with Gasteiger partial charge in [-0.3, -0.25) is 5.32 Å².